The van der Waals surface area contributed by atoms with Crippen LogP contribution in [0.5, 0.6) is 5.75 Å². The lowest BCUT2D eigenvalue weighted by atomic mass is 10.2. The first kappa shape index (κ1) is 21.5. The molecular weight excluding hydrogens is 397 g/mol. The van der Waals surface area contributed by atoms with E-state index in [1.807, 2.05) is 19.1 Å². The first-order chi connectivity index (χ1) is 13.2. The van der Waals surface area contributed by atoms with Crippen molar-refractivity contribution in [2.24, 2.45) is 0 Å². The second kappa shape index (κ2) is 9.45. The molecule has 0 heterocycles. The first-order valence-electron chi connectivity index (χ1n) is 8.11. The summed E-state index contributed by atoms with van der Waals surface area (Å²) in [6.07, 6.45) is -4.68. The predicted octanol–water partition coefficient (Wildman–Crippen LogP) is 4.21. The first-order valence-corrected chi connectivity index (χ1v) is 9.10. The number of carbonyl (C=O) groups excluding carboxylic acids is 1. The van der Waals surface area contributed by atoms with Gasteiger partial charge in [0.05, 0.1) is 27.7 Å². The number of ether oxygens (including phenoxy) is 1. The summed E-state index contributed by atoms with van der Waals surface area (Å²) in [5.74, 6) is 0.0813. The van der Waals surface area contributed by atoms with E-state index >= 15 is 0 Å². The Morgan fingerprint density at radius 2 is 1.89 bits per heavy atom. The van der Waals surface area contributed by atoms with Crippen LogP contribution in [0, 0.1) is 17.0 Å². The summed E-state index contributed by atoms with van der Waals surface area (Å²) in [5, 5.41) is 13.6. The van der Waals surface area contributed by atoms with Crippen molar-refractivity contribution in [3.8, 4) is 5.75 Å². The van der Waals surface area contributed by atoms with Crippen molar-refractivity contribution in [2.75, 3.05) is 18.9 Å². The number of nitrogens with one attached hydrogen (secondary N) is 1. The second-order valence-corrected chi connectivity index (χ2v) is 6.75. The van der Waals surface area contributed by atoms with Crippen molar-refractivity contribution < 1.29 is 27.6 Å². The zero-order chi connectivity index (χ0) is 20.7. The van der Waals surface area contributed by atoms with E-state index in [-0.39, 0.29) is 23.8 Å². The predicted molar refractivity (Wildman–Crippen MR) is 98.5 cm³/mol. The number of alkyl halides is 3. The van der Waals surface area contributed by atoms with E-state index < -0.39 is 28.3 Å². The van der Waals surface area contributed by atoms with Crippen LogP contribution in [-0.2, 0) is 11.0 Å². The van der Waals surface area contributed by atoms with Crippen LogP contribution in [0.25, 0.3) is 0 Å². The van der Waals surface area contributed by atoms with Gasteiger partial charge in [0.2, 0.25) is 5.91 Å². The maximum atomic E-state index is 12.7. The van der Waals surface area contributed by atoms with Crippen LogP contribution in [0.1, 0.15) is 11.1 Å². The number of amides is 1. The van der Waals surface area contributed by atoms with Crippen molar-refractivity contribution in [3.63, 3.8) is 0 Å². The molecule has 0 aromatic heterocycles. The lowest BCUT2D eigenvalue weighted by Gasteiger charge is -2.09. The van der Waals surface area contributed by atoms with Gasteiger partial charge in [-0.1, -0.05) is 17.7 Å². The molecule has 0 bridgehead atoms. The van der Waals surface area contributed by atoms with Crippen molar-refractivity contribution in [1.82, 2.24) is 5.32 Å². The molecule has 2 rings (SSSR count). The monoisotopic (exact) mass is 414 g/mol. The Kier molecular flexibility index (Phi) is 7.27. The number of nitro benzene ring substituents is 1. The fraction of sp³-hybridized carbons (Fsp3) is 0.278. The molecule has 0 aliphatic heterocycles. The Hall–Kier alpha value is -2.75. The summed E-state index contributed by atoms with van der Waals surface area (Å²) in [7, 11) is 0. The number of hydrogen-bond donors (Lipinski definition) is 1. The fourth-order valence-electron chi connectivity index (χ4n) is 2.15. The molecule has 28 heavy (non-hydrogen) atoms. The van der Waals surface area contributed by atoms with Gasteiger partial charge in [0.25, 0.3) is 5.69 Å². The van der Waals surface area contributed by atoms with Crippen LogP contribution in [0.3, 0.4) is 0 Å². The van der Waals surface area contributed by atoms with Crippen LogP contribution >= 0.6 is 11.8 Å². The average Bonchev–Trinajstić information content (AvgIpc) is 2.64. The quantitative estimate of drug-likeness (QED) is 0.303. The molecule has 0 fully saturated rings. The summed E-state index contributed by atoms with van der Waals surface area (Å²) in [5.41, 5.74) is -0.702. The van der Waals surface area contributed by atoms with E-state index in [4.69, 9.17) is 4.74 Å². The number of hydrogen-bond acceptors (Lipinski definition) is 5. The molecule has 150 valence electrons. The minimum absolute atomic E-state index is 0.0101. The van der Waals surface area contributed by atoms with Crippen molar-refractivity contribution in [2.45, 2.75) is 18.0 Å². The molecular formula is C18H17F3N2O4S. The average molecular weight is 414 g/mol. The van der Waals surface area contributed by atoms with Crippen molar-refractivity contribution in [1.29, 1.82) is 0 Å². The van der Waals surface area contributed by atoms with Gasteiger partial charge in [0, 0.05) is 6.07 Å². The van der Waals surface area contributed by atoms with Crippen LogP contribution in [0.2, 0.25) is 0 Å². The van der Waals surface area contributed by atoms with Gasteiger partial charge in [-0.2, -0.15) is 13.2 Å². The molecule has 1 N–H and O–H groups in total. The highest BCUT2D eigenvalue weighted by Crippen LogP contribution is 2.36. The van der Waals surface area contributed by atoms with E-state index in [2.05, 4.69) is 5.32 Å². The second-order valence-electron chi connectivity index (χ2n) is 5.74. The Labute approximate surface area is 163 Å². The van der Waals surface area contributed by atoms with E-state index in [1.54, 1.807) is 12.1 Å². The molecule has 0 radical (unpaired) electrons. The van der Waals surface area contributed by atoms with Crippen molar-refractivity contribution in [3.05, 3.63) is 63.7 Å². The lowest BCUT2D eigenvalue weighted by Crippen LogP contribution is -2.29. The Bertz CT molecular complexity index is 842. The maximum absolute atomic E-state index is 12.7. The van der Waals surface area contributed by atoms with E-state index in [1.165, 1.54) is 0 Å². The third kappa shape index (κ3) is 6.45. The Morgan fingerprint density at radius 3 is 2.50 bits per heavy atom. The molecule has 2 aromatic rings. The topological polar surface area (TPSA) is 81.5 Å². The minimum atomic E-state index is -4.68. The van der Waals surface area contributed by atoms with Gasteiger partial charge < -0.3 is 10.1 Å². The maximum Gasteiger partial charge on any atom is 0.416 e. The molecule has 2 aromatic carbocycles. The van der Waals surface area contributed by atoms with E-state index in [0.29, 0.717) is 11.8 Å². The highest BCUT2D eigenvalue weighted by Gasteiger charge is 2.33. The highest BCUT2D eigenvalue weighted by molar-refractivity contribution is 8.00. The van der Waals surface area contributed by atoms with E-state index in [9.17, 15) is 28.1 Å². The molecule has 1 amide bonds. The lowest BCUT2D eigenvalue weighted by molar-refractivity contribution is -0.388. The molecule has 10 heteroatoms. The summed E-state index contributed by atoms with van der Waals surface area (Å²) in [4.78, 5) is 22.0. The standard InChI is InChI=1S/C18H17F3N2O4S/c1-12-2-5-14(6-3-12)27-9-8-22-17(24)11-28-16-7-4-13(18(19,20)21)10-15(16)23(25)26/h2-7,10H,8-9,11H2,1H3,(H,22,24). The Balaban J connectivity index is 1.83. The Morgan fingerprint density at radius 1 is 1.21 bits per heavy atom. The summed E-state index contributed by atoms with van der Waals surface area (Å²) in [6, 6.07) is 9.61. The summed E-state index contributed by atoms with van der Waals surface area (Å²) >= 11 is 0.797. The summed E-state index contributed by atoms with van der Waals surface area (Å²) < 4.78 is 43.5. The van der Waals surface area contributed by atoms with Crippen LogP contribution in [0.15, 0.2) is 47.4 Å². The summed E-state index contributed by atoms with van der Waals surface area (Å²) in [6.45, 7) is 2.41. The number of rotatable bonds is 8. The zero-order valence-electron chi connectivity index (χ0n) is 14.8. The number of aryl methyl sites for hydroxylation is 1. The number of halogens is 3. The molecule has 0 saturated carbocycles. The normalized spacial score (nSPS) is 11.1. The van der Waals surface area contributed by atoms with Gasteiger partial charge in [0.15, 0.2) is 0 Å². The third-order valence-corrected chi connectivity index (χ3v) is 4.62. The van der Waals surface area contributed by atoms with Gasteiger partial charge in [-0.05, 0) is 31.2 Å². The molecule has 0 aliphatic rings. The number of benzene rings is 2. The fourth-order valence-corrected chi connectivity index (χ4v) is 2.98. The number of carbonyl (C=O) groups is 1. The molecule has 0 atom stereocenters. The van der Waals surface area contributed by atoms with Crippen molar-refractivity contribution >= 4 is 23.4 Å². The van der Waals surface area contributed by atoms with Crippen LogP contribution < -0.4 is 10.1 Å². The molecule has 0 saturated heterocycles. The largest absolute Gasteiger partial charge is 0.492 e. The smallest absolute Gasteiger partial charge is 0.416 e. The highest BCUT2D eigenvalue weighted by atomic mass is 32.2. The van der Waals surface area contributed by atoms with Gasteiger partial charge in [-0.15, -0.1) is 11.8 Å². The molecule has 6 nitrogen and oxygen atoms in total. The van der Waals surface area contributed by atoms with Gasteiger partial charge >= 0.3 is 6.18 Å². The number of nitrogens with zero attached hydrogens (tertiary/aromatic N) is 1. The van der Waals surface area contributed by atoms with E-state index in [0.717, 1.165) is 29.5 Å². The van der Waals surface area contributed by atoms with Gasteiger partial charge in [-0.3, -0.25) is 14.9 Å². The minimum Gasteiger partial charge on any atom is -0.492 e. The van der Waals surface area contributed by atoms with Gasteiger partial charge in [-0.25, -0.2) is 0 Å². The van der Waals surface area contributed by atoms with Gasteiger partial charge in [0.1, 0.15) is 12.4 Å². The number of nitro groups is 1. The SMILES string of the molecule is Cc1ccc(OCCNC(=O)CSc2ccc(C(F)(F)F)cc2[N+](=O)[O-])cc1. The molecule has 0 aliphatic carbocycles. The van der Waals surface area contributed by atoms with Crippen LogP contribution in [-0.4, -0.2) is 29.7 Å². The molecule has 0 spiro atoms. The zero-order valence-corrected chi connectivity index (χ0v) is 15.6. The third-order valence-electron chi connectivity index (χ3n) is 3.56. The molecule has 0 unspecified atom stereocenters. The van der Waals surface area contributed by atoms with Crippen LogP contribution in [0.4, 0.5) is 18.9 Å². The number of thioether (sulfide) groups is 1.